The first kappa shape index (κ1) is 21.0. The zero-order valence-electron chi connectivity index (χ0n) is 16.2. The number of hydrogen-bond donors (Lipinski definition) is 1. The lowest BCUT2D eigenvalue weighted by Crippen LogP contribution is -2.08. The van der Waals surface area contributed by atoms with E-state index < -0.39 is 0 Å². The van der Waals surface area contributed by atoms with Crippen LogP contribution in [0.1, 0.15) is 31.4 Å². The predicted octanol–water partition coefficient (Wildman–Crippen LogP) is 5.84. The highest BCUT2D eigenvalue weighted by Gasteiger charge is 2.06. The highest BCUT2D eigenvalue weighted by Crippen LogP contribution is 2.29. The highest BCUT2D eigenvalue weighted by atomic mass is 79.9. The first-order valence-corrected chi connectivity index (χ1v) is 9.74. The summed E-state index contributed by atoms with van der Waals surface area (Å²) in [5.41, 5.74) is 2.65. The van der Waals surface area contributed by atoms with Crippen molar-refractivity contribution in [1.29, 1.82) is 0 Å². The Morgan fingerprint density at radius 2 is 1.96 bits per heavy atom. The van der Waals surface area contributed by atoms with E-state index in [2.05, 4.69) is 35.1 Å². The zero-order valence-corrected chi connectivity index (χ0v) is 17.8. The van der Waals surface area contributed by atoms with Crippen LogP contribution in [0.2, 0.25) is 0 Å². The Morgan fingerprint density at radius 1 is 1.19 bits per heavy atom. The van der Waals surface area contributed by atoms with Crippen molar-refractivity contribution in [2.24, 2.45) is 5.92 Å². The molecule has 1 amide bonds. The van der Waals surface area contributed by atoms with Crippen molar-refractivity contribution in [2.75, 3.05) is 19.0 Å². The Hall–Kier alpha value is -2.27. The molecule has 0 heterocycles. The molecule has 144 valence electrons. The molecule has 5 heteroatoms. The van der Waals surface area contributed by atoms with Crippen LogP contribution in [-0.4, -0.2) is 19.6 Å². The lowest BCUT2D eigenvalue weighted by atomic mass is 10.1. The molecule has 0 fully saturated rings. The number of anilines is 1. The Labute approximate surface area is 169 Å². The van der Waals surface area contributed by atoms with E-state index >= 15 is 0 Å². The van der Waals surface area contributed by atoms with Gasteiger partial charge in [-0.3, -0.25) is 4.79 Å². The third kappa shape index (κ3) is 6.75. The van der Waals surface area contributed by atoms with Gasteiger partial charge in [0.25, 0.3) is 0 Å². The lowest BCUT2D eigenvalue weighted by molar-refractivity contribution is -0.111. The molecular formula is C22H26BrNO3. The molecule has 0 aliphatic rings. The molecule has 0 spiro atoms. The van der Waals surface area contributed by atoms with Crippen molar-refractivity contribution in [3.8, 4) is 11.5 Å². The van der Waals surface area contributed by atoms with Crippen molar-refractivity contribution >= 4 is 33.6 Å². The summed E-state index contributed by atoms with van der Waals surface area (Å²) in [4.78, 5) is 12.2. The first-order chi connectivity index (χ1) is 12.9. The molecule has 0 bridgehead atoms. The van der Waals surface area contributed by atoms with Crippen LogP contribution in [0.25, 0.3) is 6.08 Å². The topological polar surface area (TPSA) is 47.6 Å². The maximum Gasteiger partial charge on any atom is 0.248 e. The summed E-state index contributed by atoms with van der Waals surface area (Å²) >= 11 is 3.42. The van der Waals surface area contributed by atoms with Crippen LogP contribution in [0.3, 0.4) is 0 Å². The van der Waals surface area contributed by atoms with Crippen LogP contribution >= 0.6 is 15.9 Å². The van der Waals surface area contributed by atoms with Gasteiger partial charge < -0.3 is 14.8 Å². The SMILES string of the molecule is COc1cc(/C=C/C(=O)Nc2ccc(Br)cc2C)ccc1OCCC(C)C. The van der Waals surface area contributed by atoms with Gasteiger partial charge >= 0.3 is 0 Å². The molecule has 0 atom stereocenters. The Kier molecular flexibility index (Phi) is 7.92. The van der Waals surface area contributed by atoms with E-state index in [0.29, 0.717) is 24.0 Å². The van der Waals surface area contributed by atoms with Crippen molar-refractivity contribution in [3.63, 3.8) is 0 Å². The number of benzene rings is 2. The first-order valence-electron chi connectivity index (χ1n) is 8.95. The smallest absolute Gasteiger partial charge is 0.248 e. The van der Waals surface area contributed by atoms with Gasteiger partial charge in [-0.15, -0.1) is 0 Å². The fourth-order valence-electron chi connectivity index (χ4n) is 2.43. The fraction of sp³-hybridized carbons (Fsp3) is 0.318. The molecular weight excluding hydrogens is 406 g/mol. The molecule has 1 N–H and O–H groups in total. The van der Waals surface area contributed by atoms with Gasteiger partial charge in [0.05, 0.1) is 13.7 Å². The standard InChI is InChI=1S/C22H26BrNO3/c1-15(2)11-12-27-20-9-5-17(14-21(20)26-4)6-10-22(25)24-19-8-7-18(23)13-16(19)3/h5-10,13-15H,11-12H2,1-4H3,(H,24,25)/b10-6+. The predicted molar refractivity (Wildman–Crippen MR) is 114 cm³/mol. The van der Waals surface area contributed by atoms with Crippen LogP contribution in [0.15, 0.2) is 46.9 Å². The van der Waals surface area contributed by atoms with Gasteiger partial charge in [-0.2, -0.15) is 0 Å². The average Bonchev–Trinajstić information content (AvgIpc) is 2.62. The van der Waals surface area contributed by atoms with Crippen LogP contribution in [0.4, 0.5) is 5.69 Å². The third-order valence-corrected chi connectivity index (χ3v) is 4.51. The molecule has 0 saturated carbocycles. The summed E-state index contributed by atoms with van der Waals surface area (Å²) in [6.45, 7) is 6.93. The van der Waals surface area contributed by atoms with E-state index in [-0.39, 0.29) is 5.91 Å². The normalized spacial score (nSPS) is 11.0. The van der Waals surface area contributed by atoms with Gasteiger partial charge in [0.15, 0.2) is 11.5 Å². The minimum atomic E-state index is -0.184. The van der Waals surface area contributed by atoms with Crippen LogP contribution < -0.4 is 14.8 Å². The number of carbonyl (C=O) groups is 1. The molecule has 0 radical (unpaired) electrons. The van der Waals surface area contributed by atoms with Gasteiger partial charge in [-0.25, -0.2) is 0 Å². The van der Waals surface area contributed by atoms with E-state index in [1.165, 1.54) is 6.08 Å². The highest BCUT2D eigenvalue weighted by molar-refractivity contribution is 9.10. The molecule has 0 aromatic heterocycles. The van der Waals surface area contributed by atoms with Gasteiger partial charge in [0.2, 0.25) is 5.91 Å². The monoisotopic (exact) mass is 431 g/mol. The number of amides is 1. The average molecular weight is 432 g/mol. The Morgan fingerprint density at radius 3 is 2.63 bits per heavy atom. The molecule has 0 aliphatic heterocycles. The Bertz CT molecular complexity index is 815. The number of hydrogen-bond acceptors (Lipinski definition) is 3. The minimum absolute atomic E-state index is 0.184. The summed E-state index contributed by atoms with van der Waals surface area (Å²) in [7, 11) is 1.61. The van der Waals surface area contributed by atoms with Crippen molar-refractivity contribution in [3.05, 3.63) is 58.1 Å². The second-order valence-corrected chi connectivity index (χ2v) is 7.64. The second kappa shape index (κ2) is 10.2. The molecule has 2 aromatic rings. The lowest BCUT2D eigenvalue weighted by Gasteiger charge is -2.12. The number of rotatable bonds is 8. The molecule has 0 saturated heterocycles. The number of nitrogens with one attached hydrogen (secondary N) is 1. The van der Waals surface area contributed by atoms with Crippen molar-refractivity contribution in [2.45, 2.75) is 27.2 Å². The summed E-state index contributed by atoms with van der Waals surface area (Å²) in [6.07, 6.45) is 4.25. The zero-order chi connectivity index (χ0) is 19.8. The van der Waals surface area contributed by atoms with Gasteiger partial charge in [-0.05, 0) is 66.8 Å². The van der Waals surface area contributed by atoms with Crippen LogP contribution in [0, 0.1) is 12.8 Å². The summed E-state index contributed by atoms with van der Waals surface area (Å²) < 4.78 is 12.2. The van der Waals surface area contributed by atoms with Gasteiger partial charge in [0, 0.05) is 16.2 Å². The summed E-state index contributed by atoms with van der Waals surface area (Å²) in [6, 6.07) is 11.4. The van der Waals surface area contributed by atoms with E-state index in [9.17, 15) is 4.79 Å². The number of ether oxygens (including phenoxy) is 2. The number of aryl methyl sites for hydroxylation is 1. The fourth-order valence-corrected chi connectivity index (χ4v) is 2.90. The largest absolute Gasteiger partial charge is 0.493 e. The molecule has 4 nitrogen and oxygen atoms in total. The molecule has 0 aliphatic carbocycles. The summed E-state index contributed by atoms with van der Waals surface area (Å²) in [5, 5.41) is 2.88. The quantitative estimate of drug-likeness (QED) is 0.533. The third-order valence-electron chi connectivity index (χ3n) is 4.01. The van der Waals surface area contributed by atoms with E-state index in [0.717, 1.165) is 27.7 Å². The summed E-state index contributed by atoms with van der Waals surface area (Å²) in [5.74, 6) is 1.78. The van der Waals surface area contributed by atoms with Gasteiger partial charge in [0.1, 0.15) is 0 Å². The van der Waals surface area contributed by atoms with Crippen molar-refractivity contribution < 1.29 is 14.3 Å². The van der Waals surface area contributed by atoms with E-state index in [4.69, 9.17) is 9.47 Å². The Balaban J connectivity index is 2.01. The van der Waals surface area contributed by atoms with Crippen LogP contribution in [-0.2, 0) is 4.79 Å². The molecule has 27 heavy (non-hydrogen) atoms. The number of methoxy groups -OCH3 is 1. The number of halogens is 1. The molecule has 0 unspecified atom stereocenters. The second-order valence-electron chi connectivity index (χ2n) is 6.72. The van der Waals surface area contributed by atoms with Crippen LogP contribution in [0.5, 0.6) is 11.5 Å². The maximum atomic E-state index is 12.2. The van der Waals surface area contributed by atoms with Gasteiger partial charge in [-0.1, -0.05) is 35.8 Å². The maximum absolute atomic E-state index is 12.2. The minimum Gasteiger partial charge on any atom is -0.493 e. The number of carbonyl (C=O) groups excluding carboxylic acids is 1. The van der Waals surface area contributed by atoms with E-state index in [1.807, 2.05) is 43.3 Å². The van der Waals surface area contributed by atoms with E-state index in [1.54, 1.807) is 13.2 Å². The van der Waals surface area contributed by atoms with Crippen molar-refractivity contribution in [1.82, 2.24) is 0 Å². The molecule has 2 rings (SSSR count). The molecule has 2 aromatic carbocycles.